The summed E-state index contributed by atoms with van der Waals surface area (Å²) in [6.07, 6.45) is 7.17. The van der Waals surface area contributed by atoms with E-state index >= 15 is 0 Å². The van der Waals surface area contributed by atoms with Crippen LogP contribution in [0.1, 0.15) is 50.1 Å². The molecule has 3 aromatic rings. The average Bonchev–Trinajstić information content (AvgIpc) is 3.58. The lowest BCUT2D eigenvalue weighted by atomic mass is 9.75. The number of amides is 1. The van der Waals surface area contributed by atoms with E-state index in [1.54, 1.807) is 0 Å². The van der Waals surface area contributed by atoms with Crippen LogP contribution in [-0.2, 0) is 4.79 Å². The monoisotopic (exact) mass is 519 g/mol. The smallest absolute Gasteiger partial charge is 0.225 e. The molecule has 6 rings (SSSR count). The van der Waals surface area contributed by atoms with Crippen molar-refractivity contribution in [1.29, 1.82) is 5.26 Å². The summed E-state index contributed by atoms with van der Waals surface area (Å²) in [6, 6.07) is 16.8. The molecule has 1 aliphatic heterocycles. The fraction of sp³-hybridized carbons (Fsp3) is 0.464. The van der Waals surface area contributed by atoms with Gasteiger partial charge in [-0.15, -0.1) is 0 Å². The van der Waals surface area contributed by atoms with Gasteiger partial charge in [0.2, 0.25) is 5.91 Å². The van der Waals surface area contributed by atoms with Crippen molar-refractivity contribution in [1.82, 2.24) is 14.9 Å². The third-order valence-electron chi connectivity index (χ3n) is 8.24. The largest absolute Gasteiger partial charge is 0.368 e. The first-order valence-electron chi connectivity index (χ1n) is 13.2. The van der Waals surface area contributed by atoms with Crippen molar-refractivity contribution in [2.24, 2.45) is 5.92 Å². The van der Waals surface area contributed by atoms with Crippen molar-refractivity contribution >= 4 is 27.7 Å². The summed E-state index contributed by atoms with van der Waals surface area (Å²) in [6.45, 7) is 1.26. The van der Waals surface area contributed by atoms with E-state index in [1.165, 1.54) is 0 Å². The molecule has 1 aromatic carbocycles. The molecule has 3 fully saturated rings. The van der Waals surface area contributed by atoms with Crippen molar-refractivity contribution in [3.05, 3.63) is 54.4 Å². The summed E-state index contributed by atoms with van der Waals surface area (Å²) >= 11 is 0. The van der Waals surface area contributed by atoms with E-state index in [0.717, 1.165) is 66.5 Å². The number of anilines is 1. The van der Waals surface area contributed by atoms with Gasteiger partial charge in [-0.25, -0.2) is 4.52 Å². The van der Waals surface area contributed by atoms with E-state index < -0.39 is 16.1 Å². The van der Waals surface area contributed by atoms with E-state index in [4.69, 9.17) is 5.10 Å². The summed E-state index contributed by atoms with van der Waals surface area (Å²) in [5.74, 6) is 0.593. The predicted molar refractivity (Wildman–Crippen MR) is 146 cm³/mol. The second-order valence-electron chi connectivity index (χ2n) is 10.7. The van der Waals surface area contributed by atoms with Crippen molar-refractivity contribution in [2.75, 3.05) is 29.5 Å². The third-order valence-corrected chi connectivity index (χ3v) is 9.92. The number of carbonyl (C=O) groups excluding carboxylic acids is 1. The van der Waals surface area contributed by atoms with Crippen LogP contribution in [0.3, 0.4) is 0 Å². The van der Waals surface area contributed by atoms with E-state index in [-0.39, 0.29) is 17.7 Å². The molecule has 0 radical (unpaired) electrons. The Balaban J connectivity index is 1.34. The maximum Gasteiger partial charge on any atom is 0.225 e. The number of pyridine rings is 1. The standard InChI is InChI=1S/C28H33N5O3S/c29-19-28(12-13-28)30-27(34)23-6-2-1-5-22(23)26-25(24-7-3-4-14-33(24)31-26)20-8-10-21(11-9-20)32-15-17-37(35,36)18-16-32/h3-4,7-11,14,22-23,35-36H,1-2,5-6,12-13,15-18H2,(H,30,34)/t22-,23-/m1/s1. The fourth-order valence-corrected chi connectivity index (χ4v) is 7.12. The average molecular weight is 520 g/mol. The van der Waals surface area contributed by atoms with Crippen LogP contribution < -0.4 is 10.2 Å². The minimum atomic E-state index is -2.43. The van der Waals surface area contributed by atoms with Gasteiger partial charge in [-0.2, -0.15) is 21.0 Å². The Morgan fingerprint density at radius 3 is 2.51 bits per heavy atom. The van der Waals surface area contributed by atoms with Crippen molar-refractivity contribution in [3.63, 3.8) is 0 Å². The maximum absolute atomic E-state index is 13.4. The van der Waals surface area contributed by atoms with E-state index in [2.05, 4.69) is 46.6 Å². The molecule has 3 aliphatic rings. The topological polar surface area (TPSA) is 114 Å². The Bertz CT molecular complexity index is 1350. The highest BCUT2D eigenvalue weighted by Gasteiger charge is 2.47. The molecule has 1 saturated heterocycles. The molecule has 37 heavy (non-hydrogen) atoms. The van der Waals surface area contributed by atoms with Crippen LogP contribution in [0.15, 0.2) is 48.7 Å². The van der Waals surface area contributed by atoms with Gasteiger partial charge in [0, 0.05) is 42.4 Å². The van der Waals surface area contributed by atoms with Crippen LogP contribution in [-0.4, -0.2) is 54.8 Å². The SMILES string of the molecule is N#CC1(NC(=O)[C@@H]2CCCC[C@H]2c2nn3ccccc3c2-c2ccc(N3CCS(O)(O)CC3)cc2)CC1. The van der Waals surface area contributed by atoms with E-state index in [1.807, 2.05) is 22.8 Å². The van der Waals surface area contributed by atoms with Crippen LogP contribution >= 0.6 is 10.6 Å². The summed E-state index contributed by atoms with van der Waals surface area (Å²) in [4.78, 5) is 15.6. The number of fused-ring (bicyclic) bond motifs is 1. The lowest BCUT2D eigenvalue weighted by molar-refractivity contribution is -0.127. The number of carbonyl (C=O) groups is 1. The fourth-order valence-electron chi connectivity index (χ4n) is 5.89. The highest BCUT2D eigenvalue weighted by Crippen LogP contribution is 2.45. The summed E-state index contributed by atoms with van der Waals surface area (Å²) in [7, 11) is -2.43. The lowest BCUT2D eigenvalue weighted by Gasteiger charge is -2.41. The van der Waals surface area contributed by atoms with Crippen LogP contribution in [0, 0.1) is 17.2 Å². The zero-order valence-electron chi connectivity index (χ0n) is 20.8. The number of hydrogen-bond acceptors (Lipinski definition) is 6. The molecule has 0 spiro atoms. The highest BCUT2D eigenvalue weighted by molar-refractivity contribution is 8.24. The molecular weight excluding hydrogens is 486 g/mol. The number of nitriles is 1. The number of rotatable bonds is 5. The highest BCUT2D eigenvalue weighted by atomic mass is 32.3. The van der Waals surface area contributed by atoms with Crippen molar-refractivity contribution < 1.29 is 13.9 Å². The third kappa shape index (κ3) is 4.70. The molecule has 0 bridgehead atoms. The number of hydrogen-bond donors (Lipinski definition) is 3. The van der Waals surface area contributed by atoms with Gasteiger partial charge >= 0.3 is 0 Å². The number of nitrogens with one attached hydrogen (secondary N) is 1. The van der Waals surface area contributed by atoms with Gasteiger partial charge < -0.3 is 10.2 Å². The Labute approximate surface area is 218 Å². The molecule has 1 amide bonds. The van der Waals surface area contributed by atoms with Gasteiger partial charge in [0.1, 0.15) is 5.54 Å². The lowest BCUT2D eigenvalue weighted by Crippen LogP contribution is -2.42. The minimum Gasteiger partial charge on any atom is -0.368 e. The van der Waals surface area contributed by atoms with Gasteiger partial charge in [0.25, 0.3) is 0 Å². The molecule has 3 N–H and O–H groups in total. The molecule has 2 atom stereocenters. The van der Waals surface area contributed by atoms with Crippen molar-refractivity contribution in [3.8, 4) is 17.2 Å². The van der Waals surface area contributed by atoms with Crippen molar-refractivity contribution in [2.45, 2.75) is 50.0 Å². The number of nitrogens with zero attached hydrogens (tertiary/aromatic N) is 4. The van der Waals surface area contributed by atoms with Crippen LogP contribution in [0.5, 0.6) is 0 Å². The predicted octanol–water partition coefficient (Wildman–Crippen LogP) is 5.02. The quantitative estimate of drug-likeness (QED) is 0.436. The molecule has 2 saturated carbocycles. The number of aromatic nitrogens is 2. The summed E-state index contributed by atoms with van der Waals surface area (Å²) in [5.41, 5.74) is 4.48. The minimum absolute atomic E-state index is 0.00915. The Morgan fingerprint density at radius 1 is 1.08 bits per heavy atom. The Morgan fingerprint density at radius 2 is 1.81 bits per heavy atom. The van der Waals surface area contributed by atoms with Gasteiger partial charge in [-0.05, 0) is 55.5 Å². The molecule has 8 nitrogen and oxygen atoms in total. The second kappa shape index (κ2) is 9.35. The summed E-state index contributed by atoms with van der Waals surface area (Å²) in [5, 5.41) is 17.6. The van der Waals surface area contributed by atoms with Crippen LogP contribution in [0.4, 0.5) is 5.69 Å². The first kappa shape index (κ1) is 24.3. The molecule has 2 aliphatic carbocycles. The zero-order chi connectivity index (χ0) is 25.6. The maximum atomic E-state index is 13.4. The molecule has 9 heteroatoms. The van der Waals surface area contributed by atoms with Gasteiger partial charge in [0.05, 0.1) is 28.8 Å². The molecule has 3 heterocycles. The molecular formula is C28H33N5O3S. The normalized spacial score (nSPS) is 25.3. The zero-order valence-corrected chi connectivity index (χ0v) is 21.7. The molecule has 2 aromatic heterocycles. The Kier molecular flexibility index (Phi) is 6.14. The molecule has 194 valence electrons. The number of benzene rings is 1. The van der Waals surface area contributed by atoms with Gasteiger partial charge in [0.15, 0.2) is 0 Å². The first-order chi connectivity index (χ1) is 17.9. The van der Waals surface area contributed by atoms with Crippen LogP contribution in [0.25, 0.3) is 16.6 Å². The Hall–Kier alpha value is -3.06. The van der Waals surface area contributed by atoms with Gasteiger partial charge in [-0.1, -0.05) is 31.0 Å². The molecule has 0 unspecified atom stereocenters. The van der Waals surface area contributed by atoms with E-state index in [9.17, 15) is 19.2 Å². The van der Waals surface area contributed by atoms with Gasteiger partial charge in [-0.3, -0.25) is 13.9 Å². The second-order valence-corrected chi connectivity index (χ2v) is 13.1. The van der Waals surface area contributed by atoms with Crippen LogP contribution in [0.2, 0.25) is 0 Å². The summed E-state index contributed by atoms with van der Waals surface area (Å²) < 4.78 is 21.8. The first-order valence-corrected chi connectivity index (χ1v) is 15.1. The van der Waals surface area contributed by atoms with E-state index in [0.29, 0.717) is 24.6 Å².